The van der Waals surface area contributed by atoms with Gasteiger partial charge < -0.3 is 10.4 Å². The van der Waals surface area contributed by atoms with Crippen LogP contribution in [0.15, 0.2) is 18.2 Å². The first-order valence-electron chi connectivity index (χ1n) is 5.41. The molecular formula is C12H13ClINO3. The highest BCUT2D eigenvalue weighted by molar-refractivity contribution is 14.1. The Morgan fingerprint density at radius 2 is 2.17 bits per heavy atom. The SMILES string of the molecule is CCC(CNC(=O)c1ccc(I)c(Cl)c1)C(=O)O. The molecule has 1 amide bonds. The Balaban J connectivity index is 2.65. The van der Waals surface area contributed by atoms with E-state index in [2.05, 4.69) is 27.9 Å². The highest BCUT2D eigenvalue weighted by atomic mass is 127. The quantitative estimate of drug-likeness (QED) is 0.771. The van der Waals surface area contributed by atoms with Crippen LogP contribution in [0.3, 0.4) is 0 Å². The molecule has 0 aliphatic carbocycles. The number of carboxylic acid groups (broad SMARTS) is 1. The van der Waals surface area contributed by atoms with Crippen molar-refractivity contribution >= 4 is 46.1 Å². The zero-order chi connectivity index (χ0) is 13.7. The molecule has 1 rings (SSSR count). The molecule has 1 aromatic carbocycles. The Morgan fingerprint density at radius 1 is 1.50 bits per heavy atom. The lowest BCUT2D eigenvalue weighted by atomic mass is 10.1. The number of hydrogen-bond donors (Lipinski definition) is 2. The molecule has 0 fully saturated rings. The molecule has 0 aliphatic rings. The first-order chi connectivity index (χ1) is 8.45. The Bertz CT molecular complexity index is 465. The highest BCUT2D eigenvalue weighted by Crippen LogP contribution is 2.19. The van der Waals surface area contributed by atoms with Crippen molar-refractivity contribution in [3.63, 3.8) is 0 Å². The number of carbonyl (C=O) groups excluding carboxylic acids is 1. The Kier molecular flexibility index (Phi) is 5.87. The number of nitrogens with one attached hydrogen (secondary N) is 1. The van der Waals surface area contributed by atoms with E-state index in [1.165, 1.54) is 0 Å². The molecule has 18 heavy (non-hydrogen) atoms. The molecule has 0 radical (unpaired) electrons. The molecule has 0 spiro atoms. The zero-order valence-corrected chi connectivity index (χ0v) is 12.7. The highest BCUT2D eigenvalue weighted by Gasteiger charge is 2.16. The van der Waals surface area contributed by atoms with E-state index < -0.39 is 11.9 Å². The molecule has 0 saturated heterocycles. The summed E-state index contributed by atoms with van der Waals surface area (Å²) >= 11 is 7.99. The van der Waals surface area contributed by atoms with Crippen molar-refractivity contribution in [3.8, 4) is 0 Å². The van der Waals surface area contributed by atoms with Crippen molar-refractivity contribution < 1.29 is 14.7 Å². The van der Waals surface area contributed by atoms with E-state index in [-0.39, 0.29) is 12.5 Å². The number of benzene rings is 1. The van der Waals surface area contributed by atoms with Crippen LogP contribution in [0.1, 0.15) is 23.7 Å². The number of aliphatic carboxylic acids is 1. The van der Waals surface area contributed by atoms with Gasteiger partial charge in [-0.2, -0.15) is 0 Å². The first-order valence-corrected chi connectivity index (χ1v) is 6.87. The summed E-state index contributed by atoms with van der Waals surface area (Å²) in [6.45, 7) is 1.89. The van der Waals surface area contributed by atoms with Crippen LogP contribution in [-0.4, -0.2) is 23.5 Å². The van der Waals surface area contributed by atoms with E-state index in [0.717, 1.165) is 3.57 Å². The van der Waals surface area contributed by atoms with Crippen LogP contribution in [0.2, 0.25) is 5.02 Å². The fraction of sp³-hybridized carbons (Fsp3) is 0.333. The van der Waals surface area contributed by atoms with Gasteiger partial charge in [0, 0.05) is 15.7 Å². The summed E-state index contributed by atoms with van der Waals surface area (Å²) < 4.78 is 0.864. The Hall–Kier alpha value is -0.820. The number of hydrogen-bond acceptors (Lipinski definition) is 2. The van der Waals surface area contributed by atoms with E-state index >= 15 is 0 Å². The molecular weight excluding hydrogens is 368 g/mol. The number of halogens is 2. The first kappa shape index (κ1) is 15.2. The van der Waals surface area contributed by atoms with Gasteiger partial charge in [0.15, 0.2) is 0 Å². The third-order valence-corrected chi connectivity index (χ3v) is 4.11. The number of carbonyl (C=O) groups is 2. The predicted octanol–water partition coefficient (Wildman–Crippen LogP) is 2.79. The van der Waals surface area contributed by atoms with Crippen LogP contribution in [0.25, 0.3) is 0 Å². The third-order valence-electron chi connectivity index (χ3n) is 2.53. The van der Waals surface area contributed by atoms with Crippen LogP contribution in [-0.2, 0) is 4.79 Å². The maximum absolute atomic E-state index is 11.8. The van der Waals surface area contributed by atoms with Gasteiger partial charge in [-0.25, -0.2) is 0 Å². The lowest BCUT2D eigenvalue weighted by Crippen LogP contribution is -2.32. The van der Waals surface area contributed by atoms with Gasteiger partial charge in [0.05, 0.1) is 10.9 Å². The van der Waals surface area contributed by atoms with Gasteiger partial charge in [-0.3, -0.25) is 9.59 Å². The number of rotatable bonds is 5. The molecule has 1 unspecified atom stereocenters. The maximum atomic E-state index is 11.8. The monoisotopic (exact) mass is 381 g/mol. The summed E-state index contributed by atoms with van der Waals surface area (Å²) in [5.41, 5.74) is 0.431. The van der Waals surface area contributed by atoms with Gasteiger partial charge in [0.25, 0.3) is 5.91 Å². The van der Waals surface area contributed by atoms with E-state index in [1.54, 1.807) is 25.1 Å². The van der Waals surface area contributed by atoms with Gasteiger partial charge in [0.2, 0.25) is 0 Å². The summed E-state index contributed by atoms with van der Waals surface area (Å²) in [4.78, 5) is 22.6. The van der Waals surface area contributed by atoms with Crippen LogP contribution >= 0.6 is 34.2 Å². The Labute approximate surface area is 124 Å². The minimum Gasteiger partial charge on any atom is -0.481 e. The fourth-order valence-corrected chi connectivity index (χ4v) is 1.88. The average molecular weight is 382 g/mol. The van der Waals surface area contributed by atoms with E-state index in [1.807, 2.05) is 0 Å². The molecule has 1 aromatic rings. The molecule has 2 N–H and O–H groups in total. The second-order valence-corrected chi connectivity index (χ2v) is 5.35. The molecule has 1 atom stereocenters. The van der Waals surface area contributed by atoms with E-state index in [9.17, 15) is 9.59 Å². The second kappa shape index (κ2) is 6.94. The van der Waals surface area contributed by atoms with Crippen LogP contribution < -0.4 is 5.32 Å². The minimum absolute atomic E-state index is 0.119. The van der Waals surface area contributed by atoms with Crippen molar-refractivity contribution in [2.75, 3.05) is 6.54 Å². The molecule has 4 nitrogen and oxygen atoms in total. The van der Waals surface area contributed by atoms with Crippen molar-refractivity contribution in [2.24, 2.45) is 5.92 Å². The van der Waals surface area contributed by atoms with Crippen molar-refractivity contribution in [3.05, 3.63) is 32.4 Å². The molecule has 0 heterocycles. The second-order valence-electron chi connectivity index (χ2n) is 3.78. The van der Waals surface area contributed by atoms with Crippen LogP contribution in [0.5, 0.6) is 0 Å². The summed E-state index contributed by atoms with van der Waals surface area (Å²) in [5, 5.41) is 12.0. The Morgan fingerprint density at radius 3 is 2.67 bits per heavy atom. The van der Waals surface area contributed by atoms with Gasteiger partial charge >= 0.3 is 5.97 Å². The summed E-state index contributed by atoms with van der Waals surface area (Å²) in [6.07, 6.45) is 0.475. The molecule has 0 saturated carbocycles. The predicted molar refractivity (Wildman–Crippen MR) is 77.9 cm³/mol. The van der Waals surface area contributed by atoms with Crippen molar-refractivity contribution in [1.29, 1.82) is 0 Å². The van der Waals surface area contributed by atoms with Gasteiger partial charge in [-0.1, -0.05) is 18.5 Å². The standard InChI is InChI=1S/C12H13ClINO3/c1-2-7(12(17)18)6-15-11(16)8-3-4-10(14)9(13)5-8/h3-5,7H,2,6H2,1H3,(H,15,16)(H,17,18). The number of carboxylic acids is 1. The van der Waals surface area contributed by atoms with E-state index in [4.69, 9.17) is 16.7 Å². The summed E-state index contributed by atoms with van der Waals surface area (Å²) in [7, 11) is 0. The number of amides is 1. The lowest BCUT2D eigenvalue weighted by Gasteiger charge is -2.11. The minimum atomic E-state index is -0.904. The van der Waals surface area contributed by atoms with Gasteiger partial charge in [-0.05, 0) is 47.2 Å². The zero-order valence-electron chi connectivity index (χ0n) is 9.74. The van der Waals surface area contributed by atoms with E-state index in [0.29, 0.717) is 17.0 Å². The summed E-state index contributed by atoms with van der Waals surface area (Å²) in [6, 6.07) is 4.97. The normalized spacial score (nSPS) is 11.9. The molecule has 0 aliphatic heterocycles. The maximum Gasteiger partial charge on any atom is 0.308 e. The fourth-order valence-electron chi connectivity index (χ4n) is 1.36. The lowest BCUT2D eigenvalue weighted by molar-refractivity contribution is -0.141. The average Bonchev–Trinajstić information content (AvgIpc) is 2.32. The van der Waals surface area contributed by atoms with Crippen molar-refractivity contribution in [1.82, 2.24) is 5.32 Å². The topological polar surface area (TPSA) is 66.4 Å². The molecule has 98 valence electrons. The molecule has 6 heteroatoms. The van der Waals surface area contributed by atoms with Gasteiger partial charge in [-0.15, -0.1) is 0 Å². The molecule has 0 aromatic heterocycles. The largest absolute Gasteiger partial charge is 0.481 e. The van der Waals surface area contributed by atoms with Crippen LogP contribution in [0.4, 0.5) is 0 Å². The third kappa shape index (κ3) is 4.13. The molecule has 0 bridgehead atoms. The summed E-state index contributed by atoms with van der Waals surface area (Å²) in [5.74, 6) is -1.78. The van der Waals surface area contributed by atoms with Crippen LogP contribution in [0, 0.1) is 9.49 Å². The van der Waals surface area contributed by atoms with Gasteiger partial charge in [0.1, 0.15) is 0 Å². The van der Waals surface area contributed by atoms with Crippen molar-refractivity contribution in [2.45, 2.75) is 13.3 Å². The smallest absolute Gasteiger partial charge is 0.308 e.